The number of halogens is 1. The van der Waals surface area contributed by atoms with Gasteiger partial charge in [0.05, 0.1) is 34.8 Å². The number of nitrogens with one attached hydrogen (secondary N) is 1. The highest BCUT2D eigenvalue weighted by atomic mass is 35.5. The first kappa shape index (κ1) is 23.0. The molecule has 1 spiro atoms. The molecule has 1 amide bonds. The molecule has 3 aromatic carbocycles. The first-order chi connectivity index (χ1) is 18.0. The van der Waals surface area contributed by atoms with Crippen LogP contribution in [0.3, 0.4) is 0 Å². The summed E-state index contributed by atoms with van der Waals surface area (Å²) >= 11 is 6.47. The van der Waals surface area contributed by atoms with Crippen molar-refractivity contribution in [3.05, 3.63) is 112 Å². The van der Waals surface area contributed by atoms with Gasteiger partial charge in [-0.25, -0.2) is 0 Å². The lowest BCUT2D eigenvalue weighted by Crippen LogP contribution is -2.58. The van der Waals surface area contributed by atoms with E-state index in [4.69, 9.17) is 16.3 Å². The zero-order chi connectivity index (χ0) is 25.8. The zero-order valence-corrected chi connectivity index (χ0v) is 20.3. The largest absolute Gasteiger partial charge is 0.489 e. The summed E-state index contributed by atoms with van der Waals surface area (Å²) < 4.78 is 6.49. The second-order valence-electron chi connectivity index (χ2n) is 9.51. The normalized spacial score (nSPS) is 25.4. The molecule has 0 fully saturated rings. The highest BCUT2D eigenvalue weighted by molar-refractivity contribution is 6.35. The van der Waals surface area contributed by atoms with E-state index < -0.39 is 28.8 Å². The Morgan fingerprint density at radius 3 is 2.16 bits per heavy atom. The smallest absolute Gasteiger partial charge is 0.242 e. The number of ether oxygens (including phenoxy) is 1. The van der Waals surface area contributed by atoms with Gasteiger partial charge in [0.2, 0.25) is 5.91 Å². The molecular weight excluding hydrogens is 486 g/mol. The quantitative estimate of drug-likeness (QED) is 0.478. The molecule has 0 saturated heterocycles. The Morgan fingerprint density at radius 1 is 0.865 bits per heavy atom. The van der Waals surface area contributed by atoms with Gasteiger partial charge >= 0.3 is 0 Å². The summed E-state index contributed by atoms with van der Waals surface area (Å²) in [7, 11) is 0. The lowest BCUT2D eigenvalue weighted by atomic mass is 9.47. The maximum absolute atomic E-state index is 14.1. The zero-order valence-electron chi connectivity index (χ0n) is 19.6. The number of hydrogen-bond donors (Lipinski definition) is 1. The number of Topliss-reactive ketones (excluding diaryl/α,β-unsaturated/α-hetero) is 1. The predicted octanol–water partition coefficient (Wildman–Crippen LogP) is 5.74. The lowest BCUT2D eigenvalue weighted by Gasteiger charge is -2.49. The third-order valence-electron chi connectivity index (χ3n) is 7.81. The van der Waals surface area contributed by atoms with Gasteiger partial charge in [-0.05, 0) is 17.2 Å². The number of para-hydroxylation sites is 1. The number of amides is 1. The highest BCUT2D eigenvalue weighted by Crippen LogP contribution is 2.65. The molecular formula is C30H20ClN3O3. The minimum absolute atomic E-state index is 0.0171. The molecule has 2 heterocycles. The summed E-state index contributed by atoms with van der Waals surface area (Å²) in [5.41, 5.74) is -1.58. The molecule has 6 nitrogen and oxygen atoms in total. The summed E-state index contributed by atoms with van der Waals surface area (Å²) in [4.78, 5) is 28.1. The average Bonchev–Trinajstić information content (AvgIpc) is 3.23. The number of anilines is 1. The Labute approximate surface area is 218 Å². The SMILES string of the molecule is N#CC1(C#N)[C@@H](c2ccccc2)CC2=C(C(=O)C[C@@H](c3ccccc3)O2)C12C(=O)Nc1c(Cl)cccc12. The number of fused-ring (bicyclic) bond motifs is 3. The van der Waals surface area contributed by atoms with Crippen molar-refractivity contribution in [1.29, 1.82) is 10.5 Å². The number of carbonyl (C=O) groups excluding carboxylic acids is 2. The first-order valence-corrected chi connectivity index (χ1v) is 12.3. The molecule has 1 unspecified atom stereocenters. The van der Waals surface area contributed by atoms with Gasteiger partial charge in [0, 0.05) is 17.9 Å². The summed E-state index contributed by atoms with van der Waals surface area (Å²) in [6.07, 6.45) is -0.433. The Balaban J connectivity index is 1.68. The molecule has 2 aliphatic heterocycles. The van der Waals surface area contributed by atoms with Crippen LogP contribution >= 0.6 is 11.6 Å². The third-order valence-corrected chi connectivity index (χ3v) is 8.13. The third kappa shape index (κ3) is 2.97. The van der Waals surface area contributed by atoms with E-state index >= 15 is 0 Å². The Kier molecular flexibility index (Phi) is 5.19. The molecule has 0 saturated carbocycles. The maximum Gasteiger partial charge on any atom is 0.242 e. The molecule has 3 aliphatic rings. The number of carbonyl (C=O) groups is 2. The van der Waals surface area contributed by atoms with E-state index in [9.17, 15) is 20.1 Å². The topological polar surface area (TPSA) is 103 Å². The lowest BCUT2D eigenvalue weighted by molar-refractivity contribution is -0.129. The number of nitrogens with zero attached hydrogens (tertiary/aromatic N) is 2. The fourth-order valence-electron chi connectivity index (χ4n) is 6.25. The molecule has 37 heavy (non-hydrogen) atoms. The highest BCUT2D eigenvalue weighted by Gasteiger charge is 2.72. The number of nitriles is 2. The molecule has 3 atom stereocenters. The molecule has 6 rings (SSSR count). The molecule has 0 aromatic heterocycles. The van der Waals surface area contributed by atoms with Crippen LogP contribution in [0.5, 0.6) is 0 Å². The van der Waals surface area contributed by atoms with Crippen molar-refractivity contribution in [2.75, 3.05) is 5.32 Å². The van der Waals surface area contributed by atoms with E-state index in [0.29, 0.717) is 22.6 Å². The molecule has 3 aromatic rings. The van der Waals surface area contributed by atoms with Gasteiger partial charge in [0.25, 0.3) is 0 Å². The molecule has 0 bridgehead atoms. The van der Waals surface area contributed by atoms with Crippen LogP contribution in [0.2, 0.25) is 5.02 Å². The maximum atomic E-state index is 14.1. The van der Waals surface area contributed by atoms with E-state index in [1.807, 2.05) is 60.7 Å². The van der Waals surface area contributed by atoms with Crippen LogP contribution in [0.15, 0.2) is 90.2 Å². The molecule has 0 radical (unpaired) electrons. The van der Waals surface area contributed by atoms with Gasteiger partial charge < -0.3 is 10.1 Å². The van der Waals surface area contributed by atoms with Crippen molar-refractivity contribution in [2.24, 2.45) is 5.41 Å². The van der Waals surface area contributed by atoms with Crippen LogP contribution in [-0.4, -0.2) is 11.7 Å². The molecule has 1 aliphatic carbocycles. The van der Waals surface area contributed by atoms with E-state index in [1.54, 1.807) is 18.2 Å². The fraction of sp³-hybridized carbons (Fsp3) is 0.200. The predicted molar refractivity (Wildman–Crippen MR) is 136 cm³/mol. The average molecular weight is 506 g/mol. The van der Waals surface area contributed by atoms with Gasteiger partial charge in [0.1, 0.15) is 17.3 Å². The number of ketones is 1. The summed E-state index contributed by atoms with van der Waals surface area (Å²) in [6.45, 7) is 0. The minimum atomic E-state index is -1.94. The van der Waals surface area contributed by atoms with Crippen molar-refractivity contribution in [3.8, 4) is 12.1 Å². The second-order valence-corrected chi connectivity index (χ2v) is 9.92. The summed E-state index contributed by atoms with van der Waals surface area (Å²) in [5, 5.41) is 24.6. The van der Waals surface area contributed by atoms with E-state index in [1.165, 1.54) is 0 Å². The fourth-order valence-corrected chi connectivity index (χ4v) is 6.47. The minimum Gasteiger partial charge on any atom is -0.489 e. The van der Waals surface area contributed by atoms with E-state index in [-0.39, 0.29) is 29.2 Å². The van der Waals surface area contributed by atoms with Gasteiger partial charge in [-0.1, -0.05) is 84.4 Å². The Morgan fingerprint density at radius 2 is 1.51 bits per heavy atom. The summed E-state index contributed by atoms with van der Waals surface area (Å²) in [6, 6.07) is 28.0. The van der Waals surface area contributed by atoms with Gasteiger partial charge in [-0.15, -0.1) is 0 Å². The standard InChI is InChI=1S/C30H20ClN3O3/c31-22-13-7-12-20-27(22)34-28(36)30(20)26-23(35)15-24(19-10-5-2-6-11-19)37-25(26)14-21(29(30,16-32)17-33)18-8-3-1-4-9-18/h1-13,21,24H,14-15H2,(H,34,36)/t21-,24+,30?/m1/s1. The number of rotatable bonds is 2. The van der Waals surface area contributed by atoms with E-state index in [2.05, 4.69) is 17.5 Å². The van der Waals surface area contributed by atoms with Crippen LogP contribution in [0.4, 0.5) is 5.69 Å². The number of benzene rings is 3. The monoisotopic (exact) mass is 505 g/mol. The van der Waals surface area contributed by atoms with Crippen molar-refractivity contribution in [2.45, 2.75) is 30.3 Å². The van der Waals surface area contributed by atoms with Gasteiger partial charge in [0.15, 0.2) is 11.2 Å². The van der Waals surface area contributed by atoms with Crippen LogP contribution in [0.1, 0.15) is 41.6 Å². The Bertz CT molecular complexity index is 1560. The molecule has 1 N–H and O–H groups in total. The van der Waals surface area contributed by atoms with Crippen molar-refractivity contribution < 1.29 is 14.3 Å². The number of allylic oxidation sites excluding steroid dienone is 1. The number of hydrogen-bond acceptors (Lipinski definition) is 5. The van der Waals surface area contributed by atoms with Crippen molar-refractivity contribution in [1.82, 2.24) is 0 Å². The molecule has 7 heteroatoms. The summed E-state index contributed by atoms with van der Waals surface area (Å²) in [5.74, 6) is -1.36. The van der Waals surface area contributed by atoms with Crippen LogP contribution in [0.25, 0.3) is 0 Å². The van der Waals surface area contributed by atoms with Crippen LogP contribution in [0, 0.1) is 28.1 Å². The van der Waals surface area contributed by atoms with Gasteiger partial charge in [-0.3, -0.25) is 9.59 Å². The van der Waals surface area contributed by atoms with Crippen molar-refractivity contribution >= 4 is 29.0 Å². The van der Waals surface area contributed by atoms with Crippen LogP contribution in [-0.2, 0) is 19.7 Å². The Hall–Kier alpha value is -4.39. The van der Waals surface area contributed by atoms with Crippen LogP contribution < -0.4 is 5.32 Å². The van der Waals surface area contributed by atoms with Crippen molar-refractivity contribution in [3.63, 3.8) is 0 Å². The van der Waals surface area contributed by atoms with Gasteiger partial charge in [-0.2, -0.15) is 10.5 Å². The first-order valence-electron chi connectivity index (χ1n) is 11.9. The second kappa shape index (κ2) is 8.34. The molecule has 180 valence electrons. The van der Waals surface area contributed by atoms with E-state index in [0.717, 1.165) is 5.56 Å².